The van der Waals surface area contributed by atoms with Crippen LogP contribution in [0.1, 0.15) is 49.7 Å². The Morgan fingerprint density at radius 1 is 1.18 bits per heavy atom. The first kappa shape index (κ1) is 28.4. The number of carbonyl (C=O) groups is 2. The van der Waals surface area contributed by atoms with Crippen LogP contribution in [0.25, 0.3) is 11.1 Å². The van der Waals surface area contributed by atoms with Gasteiger partial charge < -0.3 is 19.2 Å². The largest absolute Gasteiger partial charge is 0.469 e. The van der Waals surface area contributed by atoms with Gasteiger partial charge in [-0.25, -0.2) is 9.29 Å². The number of benzene rings is 2. The Labute approximate surface area is 236 Å². The Bertz CT molecular complexity index is 1380. The van der Waals surface area contributed by atoms with Gasteiger partial charge in [0.15, 0.2) is 11.4 Å². The monoisotopic (exact) mass is 575 g/mol. The van der Waals surface area contributed by atoms with Crippen LogP contribution in [0.15, 0.2) is 34.7 Å². The van der Waals surface area contributed by atoms with Gasteiger partial charge in [-0.1, -0.05) is 29.8 Å². The molecule has 8 nitrogen and oxygen atoms in total. The maximum Gasteiger partial charge on any atom is 0.330 e. The predicted octanol–water partition coefficient (Wildman–Crippen LogP) is 6.25. The van der Waals surface area contributed by atoms with Crippen molar-refractivity contribution < 1.29 is 32.3 Å². The van der Waals surface area contributed by atoms with Crippen molar-refractivity contribution in [2.75, 3.05) is 25.5 Å². The summed E-state index contributed by atoms with van der Waals surface area (Å²) >= 11 is 6.27. The number of carbonyl (C=O) groups excluding carboxylic acids is 2. The number of nitrogens with one attached hydrogen (secondary N) is 1. The van der Waals surface area contributed by atoms with Gasteiger partial charge >= 0.3 is 11.9 Å². The normalized spacial score (nSPS) is 21.3. The van der Waals surface area contributed by atoms with Crippen LogP contribution in [0.3, 0.4) is 0 Å². The highest BCUT2D eigenvalue weighted by molar-refractivity contribution is 6.33. The molecule has 2 aliphatic rings. The molecule has 0 radical (unpaired) electrons. The van der Waals surface area contributed by atoms with Gasteiger partial charge in [0.1, 0.15) is 5.52 Å². The summed E-state index contributed by atoms with van der Waals surface area (Å²) in [5.41, 5.74) is 1.50. The van der Waals surface area contributed by atoms with E-state index in [9.17, 15) is 9.59 Å². The number of halogens is 3. The van der Waals surface area contributed by atoms with E-state index in [1.54, 1.807) is 6.07 Å². The first-order valence-corrected chi connectivity index (χ1v) is 13.9. The molecule has 1 unspecified atom stereocenters. The Balaban J connectivity index is 1.34. The number of rotatable bonds is 9. The number of Topliss-reactive ketones (excluding diaryl/α,β-unsaturated/α-hetero) is 1. The number of ether oxygens (including phenoxy) is 2. The molecule has 11 heteroatoms. The molecule has 40 heavy (non-hydrogen) atoms. The second-order valence-corrected chi connectivity index (χ2v) is 10.8. The summed E-state index contributed by atoms with van der Waals surface area (Å²) in [5, 5.41) is 3.43. The fraction of sp³-hybridized carbons (Fsp3) is 0.483. The van der Waals surface area contributed by atoms with E-state index >= 15 is 8.78 Å². The summed E-state index contributed by atoms with van der Waals surface area (Å²) in [4.78, 5) is 31.0. The van der Waals surface area contributed by atoms with Crippen LogP contribution in [-0.4, -0.2) is 53.9 Å². The molecule has 2 fully saturated rings. The third kappa shape index (κ3) is 5.70. The van der Waals surface area contributed by atoms with Crippen molar-refractivity contribution in [3.8, 4) is 0 Å². The highest BCUT2D eigenvalue weighted by Crippen LogP contribution is 2.36. The van der Waals surface area contributed by atoms with E-state index in [-0.39, 0.29) is 34.6 Å². The summed E-state index contributed by atoms with van der Waals surface area (Å²) in [6.07, 6.45) is 2.22. The number of likely N-dealkylation sites (tertiary alicyclic amines) is 1. The first-order valence-electron chi connectivity index (χ1n) is 13.5. The highest BCUT2D eigenvalue weighted by atomic mass is 35.5. The number of hydrogen-bond acceptors (Lipinski definition) is 8. The molecule has 5 rings (SSSR count). The Morgan fingerprint density at radius 2 is 1.90 bits per heavy atom. The summed E-state index contributed by atoms with van der Waals surface area (Å²) in [6.45, 7) is 2.58. The van der Waals surface area contributed by atoms with E-state index in [2.05, 4.69) is 10.3 Å². The number of esters is 1. The van der Waals surface area contributed by atoms with E-state index in [0.29, 0.717) is 49.5 Å². The number of oxazole rings is 1. The lowest BCUT2D eigenvalue weighted by Gasteiger charge is -2.37. The van der Waals surface area contributed by atoms with Crippen LogP contribution in [0.4, 0.5) is 20.5 Å². The molecule has 0 bridgehead atoms. The molecular weight excluding hydrogens is 544 g/mol. The molecule has 0 amide bonds. The third-order valence-corrected chi connectivity index (χ3v) is 8.09. The number of aryl methyl sites for hydroxylation is 1. The topological polar surface area (TPSA) is 93.9 Å². The van der Waals surface area contributed by atoms with Gasteiger partial charge in [-0.05, 0) is 68.7 Å². The number of methoxy groups -OCH3 is 1. The van der Waals surface area contributed by atoms with Crippen LogP contribution in [-0.2, 0) is 25.5 Å². The SMILES string of the molecule is COC(=O)[C@H]1CC[C@H](OC(F)(C(=O)Cc2ccc3nc(Nc4c(C)cccc4Cl)oc3c2F)N2CCCC2)CC1. The molecule has 2 aromatic carbocycles. The molecule has 1 N–H and O–H groups in total. The van der Waals surface area contributed by atoms with Crippen molar-refractivity contribution in [2.24, 2.45) is 5.92 Å². The second-order valence-electron chi connectivity index (χ2n) is 10.4. The lowest BCUT2D eigenvalue weighted by molar-refractivity contribution is -0.252. The number of alkyl halides is 1. The zero-order valence-electron chi connectivity index (χ0n) is 22.5. The minimum atomic E-state index is -2.70. The molecule has 0 spiro atoms. The Kier molecular flexibility index (Phi) is 8.39. The zero-order valence-corrected chi connectivity index (χ0v) is 23.2. The summed E-state index contributed by atoms with van der Waals surface area (Å²) in [7, 11) is 1.34. The lowest BCUT2D eigenvalue weighted by atomic mass is 9.87. The van der Waals surface area contributed by atoms with Crippen molar-refractivity contribution in [3.05, 3.63) is 52.3 Å². The summed E-state index contributed by atoms with van der Waals surface area (Å²) in [5.74, 6) is -4.92. The number of hydrogen-bond donors (Lipinski definition) is 1. The van der Waals surface area contributed by atoms with Gasteiger partial charge in [0.05, 0.1) is 29.8 Å². The predicted molar refractivity (Wildman–Crippen MR) is 146 cm³/mol. The van der Waals surface area contributed by atoms with E-state index in [1.807, 2.05) is 19.1 Å². The standard InChI is InChI=1S/C29H32ClF2N3O5/c1-17-6-5-7-21(30)25(17)34-28-33-22-13-10-19(24(31)26(22)39-28)16-23(36)29(32,35-14-3-4-15-35)40-20-11-8-18(9-12-20)27(37)38-2/h5-7,10,13,18,20H,3-4,8-9,11-12,14-16H2,1-2H3,(H,33,34)/t18-,20-,29?. The smallest absolute Gasteiger partial charge is 0.330 e. The zero-order chi connectivity index (χ0) is 28.4. The molecule has 3 aromatic rings. The summed E-state index contributed by atoms with van der Waals surface area (Å²) < 4.78 is 48.4. The fourth-order valence-corrected chi connectivity index (χ4v) is 5.76. The molecule has 1 aliphatic heterocycles. The molecule has 1 saturated carbocycles. The number of fused-ring (bicyclic) bond motifs is 1. The van der Waals surface area contributed by atoms with Crippen molar-refractivity contribution in [1.82, 2.24) is 9.88 Å². The van der Waals surface area contributed by atoms with Crippen LogP contribution in [0, 0.1) is 18.7 Å². The Morgan fingerprint density at radius 3 is 2.58 bits per heavy atom. The number of aromatic nitrogens is 1. The minimum Gasteiger partial charge on any atom is -0.469 e. The molecule has 1 saturated heterocycles. The van der Waals surface area contributed by atoms with Gasteiger partial charge in [-0.3, -0.25) is 9.59 Å². The van der Waals surface area contributed by atoms with Gasteiger partial charge in [0, 0.05) is 19.5 Å². The van der Waals surface area contributed by atoms with Gasteiger partial charge in [-0.15, -0.1) is 0 Å². The van der Waals surface area contributed by atoms with Crippen molar-refractivity contribution in [1.29, 1.82) is 0 Å². The van der Waals surface area contributed by atoms with Gasteiger partial charge in [0.25, 0.3) is 6.01 Å². The minimum absolute atomic E-state index is 0.0201. The highest BCUT2D eigenvalue weighted by Gasteiger charge is 2.49. The number of para-hydroxylation sites is 1. The maximum atomic E-state index is 16.5. The molecular formula is C29H32ClF2N3O5. The van der Waals surface area contributed by atoms with E-state index in [1.165, 1.54) is 24.1 Å². The molecule has 214 valence electrons. The first-order chi connectivity index (χ1) is 19.2. The van der Waals surface area contributed by atoms with Crippen LogP contribution in [0.2, 0.25) is 5.02 Å². The fourth-order valence-electron chi connectivity index (χ4n) is 5.50. The number of anilines is 2. The molecule has 1 aliphatic carbocycles. The lowest BCUT2D eigenvalue weighted by Crippen LogP contribution is -2.54. The van der Waals surface area contributed by atoms with E-state index in [4.69, 9.17) is 25.5 Å². The van der Waals surface area contributed by atoms with Crippen molar-refractivity contribution in [2.45, 2.75) is 64.0 Å². The quantitative estimate of drug-likeness (QED) is 0.236. The van der Waals surface area contributed by atoms with Crippen LogP contribution >= 0.6 is 11.6 Å². The molecule has 2 heterocycles. The van der Waals surface area contributed by atoms with Crippen LogP contribution < -0.4 is 5.32 Å². The Hall–Kier alpha value is -3.08. The third-order valence-electron chi connectivity index (χ3n) is 7.77. The van der Waals surface area contributed by atoms with Crippen molar-refractivity contribution >= 4 is 46.2 Å². The van der Waals surface area contributed by atoms with E-state index < -0.39 is 30.1 Å². The average Bonchev–Trinajstić information content (AvgIpc) is 3.63. The number of nitrogens with zero attached hydrogens (tertiary/aromatic N) is 2. The average molecular weight is 576 g/mol. The van der Waals surface area contributed by atoms with Gasteiger partial charge in [0.2, 0.25) is 5.78 Å². The maximum absolute atomic E-state index is 16.5. The van der Waals surface area contributed by atoms with Crippen molar-refractivity contribution in [3.63, 3.8) is 0 Å². The van der Waals surface area contributed by atoms with Gasteiger partial charge in [-0.2, -0.15) is 9.37 Å². The molecule has 1 aromatic heterocycles. The second kappa shape index (κ2) is 11.8. The van der Waals surface area contributed by atoms with E-state index in [0.717, 1.165) is 18.4 Å². The number of ketones is 1. The molecule has 1 atom stereocenters. The summed E-state index contributed by atoms with van der Waals surface area (Å²) in [6, 6.07) is 8.35. The van der Waals surface area contributed by atoms with Crippen LogP contribution in [0.5, 0.6) is 0 Å².